The Balaban J connectivity index is 3.06. The molecule has 0 spiro atoms. The molecule has 3 heteroatoms. The van der Waals surface area contributed by atoms with Crippen molar-refractivity contribution >= 4 is 0 Å². The van der Waals surface area contributed by atoms with Crippen LogP contribution in [0.3, 0.4) is 0 Å². The summed E-state index contributed by atoms with van der Waals surface area (Å²) in [6.45, 7) is 1.66. The van der Waals surface area contributed by atoms with Gasteiger partial charge >= 0.3 is 0 Å². The molecule has 1 aromatic rings. The molecule has 0 saturated heterocycles. The van der Waals surface area contributed by atoms with Gasteiger partial charge in [0.15, 0.2) is 0 Å². The maximum absolute atomic E-state index is 13.2. The molecule has 0 aliphatic rings. The van der Waals surface area contributed by atoms with Crippen LogP contribution in [0.2, 0.25) is 0 Å². The zero-order chi connectivity index (χ0) is 9.84. The van der Waals surface area contributed by atoms with Crippen molar-refractivity contribution in [2.45, 2.75) is 12.8 Å². The lowest BCUT2D eigenvalue weighted by atomic mass is 10.0. The second-order valence-corrected chi connectivity index (χ2v) is 2.74. The molecule has 0 bridgehead atoms. The van der Waals surface area contributed by atoms with Crippen LogP contribution in [0, 0.1) is 17.1 Å². The highest BCUT2D eigenvalue weighted by molar-refractivity contribution is 5.32. The summed E-state index contributed by atoms with van der Waals surface area (Å²) < 4.78 is 18.1. The number of nitriles is 1. The Kier molecular flexibility index (Phi) is 2.86. The van der Waals surface area contributed by atoms with E-state index >= 15 is 0 Å². The van der Waals surface area contributed by atoms with Gasteiger partial charge < -0.3 is 4.74 Å². The fraction of sp³-hybridized carbons (Fsp3) is 0.300. The van der Waals surface area contributed by atoms with Gasteiger partial charge in [0.05, 0.1) is 19.1 Å². The maximum atomic E-state index is 13.2. The van der Waals surface area contributed by atoms with Crippen LogP contribution >= 0.6 is 0 Å². The quantitative estimate of drug-likeness (QED) is 0.698. The van der Waals surface area contributed by atoms with Gasteiger partial charge in [-0.15, -0.1) is 0 Å². The summed E-state index contributed by atoms with van der Waals surface area (Å²) in [6, 6.07) is 6.48. The van der Waals surface area contributed by atoms with Gasteiger partial charge in [-0.2, -0.15) is 5.26 Å². The summed E-state index contributed by atoms with van der Waals surface area (Å²) in [6.07, 6.45) is 0. The molecule has 68 valence electrons. The van der Waals surface area contributed by atoms with Gasteiger partial charge in [-0.3, -0.25) is 0 Å². The molecule has 0 N–H and O–H groups in total. The minimum atomic E-state index is -0.425. The first-order chi connectivity index (χ1) is 6.19. The van der Waals surface area contributed by atoms with Gasteiger partial charge in [-0.25, -0.2) is 4.39 Å². The minimum absolute atomic E-state index is 0.395. The number of methoxy groups -OCH3 is 1. The molecule has 0 aromatic heterocycles. The topological polar surface area (TPSA) is 33.0 Å². The molecule has 1 aromatic carbocycles. The third-order valence-corrected chi connectivity index (χ3v) is 1.87. The summed E-state index contributed by atoms with van der Waals surface area (Å²) in [5.74, 6) is -0.356. The summed E-state index contributed by atoms with van der Waals surface area (Å²) in [5, 5.41) is 8.59. The van der Waals surface area contributed by atoms with E-state index in [0.29, 0.717) is 11.3 Å². The fourth-order valence-corrected chi connectivity index (χ4v) is 1.06. The van der Waals surface area contributed by atoms with Crippen molar-refractivity contribution in [2.24, 2.45) is 0 Å². The molecular formula is C10H10FNO. The maximum Gasteiger partial charge on any atom is 0.131 e. The van der Waals surface area contributed by atoms with E-state index < -0.39 is 11.7 Å². The summed E-state index contributed by atoms with van der Waals surface area (Å²) in [5.41, 5.74) is 0.406. The van der Waals surface area contributed by atoms with E-state index in [0.717, 1.165) is 0 Å². The highest BCUT2D eigenvalue weighted by atomic mass is 19.1. The molecule has 0 fully saturated rings. The van der Waals surface area contributed by atoms with E-state index in [4.69, 9.17) is 10.00 Å². The summed E-state index contributed by atoms with van der Waals surface area (Å²) in [4.78, 5) is 0. The van der Waals surface area contributed by atoms with Crippen molar-refractivity contribution in [1.82, 2.24) is 0 Å². The van der Waals surface area contributed by atoms with Crippen molar-refractivity contribution in [3.63, 3.8) is 0 Å². The van der Waals surface area contributed by atoms with Gasteiger partial charge in [-0.05, 0) is 13.0 Å². The molecule has 0 amide bonds. The SMILES string of the molecule is COc1ccc(C(C)C#N)c(F)c1. The zero-order valence-electron chi connectivity index (χ0n) is 7.54. The molecule has 1 unspecified atom stereocenters. The van der Waals surface area contributed by atoms with E-state index in [9.17, 15) is 4.39 Å². The van der Waals surface area contributed by atoms with Crippen molar-refractivity contribution < 1.29 is 9.13 Å². The lowest BCUT2D eigenvalue weighted by molar-refractivity contribution is 0.410. The van der Waals surface area contributed by atoms with E-state index in [2.05, 4.69) is 0 Å². The van der Waals surface area contributed by atoms with Crippen LogP contribution in [0.5, 0.6) is 5.75 Å². The summed E-state index contributed by atoms with van der Waals surface area (Å²) in [7, 11) is 1.47. The highest BCUT2D eigenvalue weighted by Gasteiger charge is 2.10. The van der Waals surface area contributed by atoms with Crippen LogP contribution < -0.4 is 4.74 Å². The van der Waals surface area contributed by atoms with E-state index in [1.165, 1.54) is 13.2 Å². The van der Waals surface area contributed by atoms with Crippen LogP contribution in [0.15, 0.2) is 18.2 Å². The van der Waals surface area contributed by atoms with Gasteiger partial charge in [0.1, 0.15) is 11.6 Å². The third kappa shape index (κ3) is 1.97. The predicted molar refractivity (Wildman–Crippen MR) is 47.0 cm³/mol. The predicted octanol–water partition coefficient (Wildman–Crippen LogP) is 2.46. The van der Waals surface area contributed by atoms with E-state index in [1.807, 2.05) is 6.07 Å². The number of benzene rings is 1. The van der Waals surface area contributed by atoms with Gasteiger partial charge in [0.2, 0.25) is 0 Å². The van der Waals surface area contributed by atoms with Crippen LogP contribution in [-0.4, -0.2) is 7.11 Å². The van der Waals surface area contributed by atoms with Crippen molar-refractivity contribution in [1.29, 1.82) is 5.26 Å². The molecule has 2 nitrogen and oxygen atoms in total. The van der Waals surface area contributed by atoms with Crippen molar-refractivity contribution in [3.05, 3.63) is 29.6 Å². The van der Waals surface area contributed by atoms with Crippen molar-refractivity contribution in [3.8, 4) is 11.8 Å². The monoisotopic (exact) mass is 179 g/mol. The Morgan fingerprint density at radius 2 is 2.23 bits per heavy atom. The Hall–Kier alpha value is -1.56. The van der Waals surface area contributed by atoms with Crippen LogP contribution in [0.1, 0.15) is 18.4 Å². The number of hydrogen-bond donors (Lipinski definition) is 0. The number of nitrogens with zero attached hydrogens (tertiary/aromatic N) is 1. The molecular weight excluding hydrogens is 169 g/mol. The molecule has 13 heavy (non-hydrogen) atoms. The number of rotatable bonds is 2. The molecule has 0 aliphatic carbocycles. The minimum Gasteiger partial charge on any atom is -0.497 e. The zero-order valence-corrected chi connectivity index (χ0v) is 7.54. The summed E-state index contributed by atoms with van der Waals surface area (Å²) >= 11 is 0. The standard InChI is InChI=1S/C10H10FNO/c1-7(6-12)9-4-3-8(13-2)5-10(9)11/h3-5,7H,1-2H3. The Bertz CT molecular complexity index is 343. The molecule has 0 heterocycles. The van der Waals surface area contributed by atoms with Gasteiger partial charge in [0.25, 0.3) is 0 Å². The first-order valence-corrected chi connectivity index (χ1v) is 3.92. The second kappa shape index (κ2) is 3.90. The number of ether oxygens (including phenoxy) is 1. The van der Waals surface area contributed by atoms with Crippen LogP contribution in [0.25, 0.3) is 0 Å². The first kappa shape index (κ1) is 9.53. The number of hydrogen-bond acceptors (Lipinski definition) is 2. The highest BCUT2D eigenvalue weighted by Crippen LogP contribution is 2.22. The average molecular weight is 179 g/mol. The Morgan fingerprint density at radius 1 is 1.54 bits per heavy atom. The Labute approximate surface area is 76.6 Å². The lowest BCUT2D eigenvalue weighted by Gasteiger charge is -2.06. The normalized spacial score (nSPS) is 11.8. The average Bonchev–Trinajstić information content (AvgIpc) is 2.16. The largest absolute Gasteiger partial charge is 0.497 e. The first-order valence-electron chi connectivity index (χ1n) is 3.92. The van der Waals surface area contributed by atoms with Gasteiger partial charge in [0, 0.05) is 11.6 Å². The molecule has 1 rings (SSSR count). The number of halogens is 1. The lowest BCUT2D eigenvalue weighted by Crippen LogP contribution is -1.95. The van der Waals surface area contributed by atoms with E-state index in [1.54, 1.807) is 19.1 Å². The molecule has 1 atom stereocenters. The van der Waals surface area contributed by atoms with E-state index in [-0.39, 0.29) is 0 Å². The van der Waals surface area contributed by atoms with Crippen molar-refractivity contribution in [2.75, 3.05) is 7.11 Å². The smallest absolute Gasteiger partial charge is 0.131 e. The third-order valence-electron chi connectivity index (χ3n) is 1.87. The van der Waals surface area contributed by atoms with Crippen LogP contribution in [0.4, 0.5) is 4.39 Å². The Morgan fingerprint density at radius 3 is 2.69 bits per heavy atom. The molecule has 0 aliphatic heterocycles. The second-order valence-electron chi connectivity index (χ2n) is 2.74. The fourth-order valence-electron chi connectivity index (χ4n) is 1.06. The molecule has 0 saturated carbocycles. The molecule has 0 radical (unpaired) electrons. The van der Waals surface area contributed by atoms with Gasteiger partial charge in [-0.1, -0.05) is 6.07 Å². The van der Waals surface area contributed by atoms with Crippen LogP contribution in [-0.2, 0) is 0 Å².